The standard InChI is InChI=1S/C14H19ClN2O2S2/c1-9-3-2-4-10(7-9)17-21(18,19)11-5-6-12(14(16)20)13(15)8-11/h5-6,8-10,17H,2-4,7H2,1H3,(H2,16,20). The molecule has 1 aliphatic rings. The summed E-state index contributed by atoms with van der Waals surface area (Å²) in [6.45, 7) is 2.15. The van der Waals surface area contributed by atoms with Crippen molar-refractivity contribution < 1.29 is 8.42 Å². The van der Waals surface area contributed by atoms with Crippen molar-refractivity contribution in [2.45, 2.75) is 43.5 Å². The van der Waals surface area contributed by atoms with E-state index in [1.165, 1.54) is 12.1 Å². The smallest absolute Gasteiger partial charge is 0.240 e. The summed E-state index contributed by atoms with van der Waals surface area (Å²) in [5, 5.41) is 0.252. The summed E-state index contributed by atoms with van der Waals surface area (Å²) in [5.74, 6) is 0.548. The number of thiocarbonyl (C=S) groups is 1. The molecular formula is C14H19ClN2O2S2. The molecule has 2 unspecified atom stereocenters. The molecule has 21 heavy (non-hydrogen) atoms. The minimum Gasteiger partial charge on any atom is -0.389 e. The molecule has 4 nitrogen and oxygen atoms in total. The predicted molar refractivity (Wildman–Crippen MR) is 89.1 cm³/mol. The maximum absolute atomic E-state index is 12.4. The van der Waals surface area contributed by atoms with Crippen molar-refractivity contribution in [3.63, 3.8) is 0 Å². The second kappa shape index (κ2) is 6.60. The van der Waals surface area contributed by atoms with E-state index in [0.29, 0.717) is 11.5 Å². The third kappa shape index (κ3) is 4.16. The van der Waals surface area contributed by atoms with Crippen molar-refractivity contribution in [2.75, 3.05) is 0 Å². The largest absolute Gasteiger partial charge is 0.389 e. The summed E-state index contributed by atoms with van der Waals surface area (Å²) in [6, 6.07) is 4.41. The van der Waals surface area contributed by atoms with Gasteiger partial charge in [0.25, 0.3) is 0 Å². The highest BCUT2D eigenvalue weighted by Crippen LogP contribution is 2.26. The zero-order chi connectivity index (χ0) is 15.6. The number of hydrogen-bond acceptors (Lipinski definition) is 3. The zero-order valence-corrected chi connectivity index (χ0v) is 14.2. The van der Waals surface area contributed by atoms with Crippen molar-refractivity contribution >= 4 is 38.8 Å². The number of benzene rings is 1. The average Bonchev–Trinajstić information content (AvgIpc) is 2.37. The highest BCUT2D eigenvalue weighted by molar-refractivity contribution is 7.89. The molecule has 116 valence electrons. The van der Waals surface area contributed by atoms with Gasteiger partial charge >= 0.3 is 0 Å². The molecule has 1 saturated carbocycles. The van der Waals surface area contributed by atoms with Crippen LogP contribution in [0.3, 0.4) is 0 Å². The van der Waals surface area contributed by atoms with Crippen LogP contribution in [0, 0.1) is 5.92 Å². The number of nitrogens with two attached hydrogens (primary N) is 1. The van der Waals surface area contributed by atoms with Gasteiger partial charge in [-0.3, -0.25) is 0 Å². The molecule has 1 aliphatic carbocycles. The number of hydrogen-bond donors (Lipinski definition) is 2. The first-order valence-corrected chi connectivity index (χ1v) is 9.18. The quantitative estimate of drug-likeness (QED) is 0.822. The van der Waals surface area contributed by atoms with Gasteiger partial charge in [-0.15, -0.1) is 0 Å². The summed E-state index contributed by atoms with van der Waals surface area (Å²) in [4.78, 5) is 0.295. The first-order chi connectivity index (χ1) is 9.79. The van der Waals surface area contributed by atoms with Crippen LogP contribution in [-0.4, -0.2) is 19.4 Å². The molecule has 0 spiro atoms. The number of halogens is 1. The Hall–Kier alpha value is -0.690. The third-order valence-electron chi connectivity index (χ3n) is 3.77. The molecule has 0 saturated heterocycles. The molecule has 0 heterocycles. The van der Waals surface area contributed by atoms with Crippen LogP contribution in [0.5, 0.6) is 0 Å². The van der Waals surface area contributed by atoms with Gasteiger partial charge in [0.2, 0.25) is 10.0 Å². The van der Waals surface area contributed by atoms with E-state index in [0.717, 1.165) is 25.7 Å². The molecule has 2 atom stereocenters. The van der Waals surface area contributed by atoms with Crippen molar-refractivity contribution in [3.8, 4) is 0 Å². The van der Waals surface area contributed by atoms with E-state index in [1.54, 1.807) is 6.07 Å². The van der Waals surface area contributed by atoms with Crippen molar-refractivity contribution in [1.29, 1.82) is 0 Å². The minimum absolute atomic E-state index is 0.00668. The number of nitrogens with one attached hydrogen (secondary N) is 1. The van der Waals surface area contributed by atoms with E-state index in [2.05, 4.69) is 11.6 Å². The van der Waals surface area contributed by atoms with E-state index in [9.17, 15) is 8.42 Å². The van der Waals surface area contributed by atoms with E-state index in [-0.39, 0.29) is 20.9 Å². The first-order valence-electron chi connectivity index (χ1n) is 6.91. The normalized spacial score (nSPS) is 23.0. The van der Waals surface area contributed by atoms with Crippen LogP contribution in [-0.2, 0) is 10.0 Å². The molecule has 0 radical (unpaired) electrons. The van der Waals surface area contributed by atoms with Gasteiger partial charge in [-0.1, -0.05) is 43.6 Å². The molecule has 7 heteroatoms. The molecule has 0 aromatic heterocycles. The van der Waals surface area contributed by atoms with Gasteiger partial charge in [0.15, 0.2) is 0 Å². The highest BCUT2D eigenvalue weighted by atomic mass is 35.5. The van der Waals surface area contributed by atoms with Gasteiger partial charge < -0.3 is 5.73 Å². The van der Waals surface area contributed by atoms with Crippen molar-refractivity contribution in [3.05, 3.63) is 28.8 Å². The van der Waals surface area contributed by atoms with Gasteiger partial charge in [0.05, 0.1) is 9.92 Å². The lowest BCUT2D eigenvalue weighted by Gasteiger charge is -2.27. The van der Waals surface area contributed by atoms with E-state index >= 15 is 0 Å². The van der Waals surface area contributed by atoms with Gasteiger partial charge in [0, 0.05) is 11.6 Å². The maximum Gasteiger partial charge on any atom is 0.240 e. The Morgan fingerprint density at radius 1 is 1.43 bits per heavy atom. The molecule has 0 amide bonds. The summed E-state index contributed by atoms with van der Waals surface area (Å²) >= 11 is 10.9. The summed E-state index contributed by atoms with van der Waals surface area (Å²) in [6.07, 6.45) is 3.96. The fourth-order valence-corrected chi connectivity index (χ4v) is 4.58. The lowest BCUT2D eigenvalue weighted by molar-refractivity contribution is 0.327. The van der Waals surface area contributed by atoms with Crippen molar-refractivity contribution in [2.24, 2.45) is 11.7 Å². The summed E-state index contributed by atoms with van der Waals surface area (Å²) in [5.41, 5.74) is 6.00. The van der Waals surface area contributed by atoms with Crippen LogP contribution in [0.4, 0.5) is 0 Å². The lowest BCUT2D eigenvalue weighted by Crippen LogP contribution is -2.37. The SMILES string of the molecule is CC1CCCC(NS(=O)(=O)c2ccc(C(N)=S)c(Cl)c2)C1. The number of rotatable bonds is 4. The highest BCUT2D eigenvalue weighted by Gasteiger charge is 2.25. The summed E-state index contributed by atoms with van der Waals surface area (Å²) in [7, 11) is -3.57. The molecule has 0 bridgehead atoms. The van der Waals surface area contributed by atoms with Gasteiger partial charge in [-0.2, -0.15) is 0 Å². The molecule has 1 aromatic rings. The second-order valence-corrected chi connectivity index (χ2v) is 8.16. The Bertz CT molecular complexity index is 646. The van der Waals surface area contributed by atoms with Gasteiger partial charge in [0.1, 0.15) is 4.99 Å². The van der Waals surface area contributed by atoms with Gasteiger partial charge in [-0.05, 0) is 37.0 Å². The average molecular weight is 347 g/mol. The predicted octanol–water partition coefficient (Wildman–Crippen LogP) is 2.83. The third-order valence-corrected chi connectivity index (χ3v) is 5.83. The van der Waals surface area contributed by atoms with Crippen LogP contribution in [0.1, 0.15) is 38.2 Å². The Morgan fingerprint density at radius 2 is 2.14 bits per heavy atom. The van der Waals surface area contributed by atoms with E-state index in [1.807, 2.05) is 0 Å². The minimum atomic E-state index is -3.57. The molecule has 0 aliphatic heterocycles. The van der Waals surface area contributed by atoms with Crippen LogP contribution < -0.4 is 10.5 Å². The molecule has 3 N–H and O–H groups in total. The van der Waals surface area contributed by atoms with Crippen LogP contribution in [0.15, 0.2) is 23.1 Å². The first kappa shape index (κ1) is 16.7. The maximum atomic E-state index is 12.4. The Morgan fingerprint density at radius 3 is 2.71 bits per heavy atom. The van der Waals surface area contributed by atoms with Crippen LogP contribution in [0.2, 0.25) is 5.02 Å². The molecule has 2 rings (SSSR count). The Labute approximate surface area is 136 Å². The molecular weight excluding hydrogens is 328 g/mol. The monoisotopic (exact) mass is 346 g/mol. The topological polar surface area (TPSA) is 72.2 Å². The van der Waals surface area contributed by atoms with E-state index < -0.39 is 10.0 Å². The Balaban J connectivity index is 2.19. The molecule has 1 fully saturated rings. The van der Waals surface area contributed by atoms with Gasteiger partial charge in [-0.25, -0.2) is 13.1 Å². The number of sulfonamides is 1. The molecule has 1 aromatic carbocycles. The Kier molecular flexibility index (Phi) is 5.24. The van der Waals surface area contributed by atoms with Crippen LogP contribution >= 0.6 is 23.8 Å². The van der Waals surface area contributed by atoms with Crippen LogP contribution in [0.25, 0.3) is 0 Å². The van der Waals surface area contributed by atoms with Crippen molar-refractivity contribution in [1.82, 2.24) is 4.72 Å². The fraction of sp³-hybridized carbons (Fsp3) is 0.500. The fourth-order valence-electron chi connectivity index (χ4n) is 2.69. The zero-order valence-electron chi connectivity index (χ0n) is 11.8. The summed E-state index contributed by atoms with van der Waals surface area (Å²) < 4.78 is 27.6. The lowest BCUT2D eigenvalue weighted by atomic mass is 9.88. The second-order valence-electron chi connectivity index (χ2n) is 5.60. The van der Waals surface area contributed by atoms with E-state index in [4.69, 9.17) is 29.6 Å².